The van der Waals surface area contributed by atoms with Crippen LogP contribution in [0.5, 0.6) is 11.5 Å². The first-order valence-corrected chi connectivity index (χ1v) is 36.3. The van der Waals surface area contributed by atoms with Crippen molar-refractivity contribution in [2.45, 2.75) is 110 Å². The van der Waals surface area contributed by atoms with Crippen LogP contribution in [0, 0.1) is 36.7 Å². The van der Waals surface area contributed by atoms with Crippen LogP contribution < -0.4 is 20.1 Å². The van der Waals surface area contributed by atoms with Crippen LogP contribution >= 0.6 is 30.2 Å². The second kappa shape index (κ2) is 33.7. The van der Waals surface area contributed by atoms with E-state index in [-0.39, 0.29) is 12.2 Å². The summed E-state index contributed by atoms with van der Waals surface area (Å²) in [5, 5.41) is 5.75. The molecule has 0 bridgehead atoms. The molecular formula is C43H64Br2N3NiO6S10-2. The molecule has 22 heteroatoms. The Balaban J connectivity index is 0.000000329. The molecule has 4 aliphatic carbocycles. The van der Waals surface area contributed by atoms with Gasteiger partial charge in [-0.1, -0.05) is 28.3 Å². The summed E-state index contributed by atoms with van der Waals surface area (Å²) in [7, 11) is 16.8. The molecule has 0 radical (unpaired) electrons. The van der Waals surface area contributed by atoms with Gasteiger partial charge in [0.05, 0.1) is 13.2 Å². The zero-order valence-corrected chi connectivity index (χ0v) is 50.5. The van der Waals surface area contributed by atoms with Crippen molar-refractivity contribution in [3.05, 3.63) is 65.0 Å². The Labute approximate surface area is 445 Å². The molecule has 6 rings (SSSR count). The summed E-state index contributed by atoms with van der Waals surface area (Å²) in [6.07, 6.45) is 7.64. The van der Waals surface area contributed by atoms with E-state index < -0.39 is 11.2 Å². The van der Waals surface area contributed by atoms with Gasteiger partial charge in [-0.3, -0.25) is 0 Å². The predicted molar refractivity (Wildman–Crippen MR) is 297 cm³/mol. The van der Waals surface area contributed by atoms with Gasteiger partial charge in [0.15, 0.2) is 0 Å². The molecule has 2 amide bonds. The number of rotatable bonds is 14. The van der Waals surface area contributed by atoms with E-state index in [9.17, 15) is 9.59 Å². The number of carbonyl (C=O) groups is 2. The summed E-state index contributed by atoms with van der Waals surface area (Å²) in [4.78, 5) is 25.6. The fraction of sp³-hybridized carbons (Fsp3) is 0.651. The summed E-state index contributed by atoms with van der Waals surface area (Å²) >= 11 is 19.1. The van der Waals surface area contributed by atoms with Gasteiger partial charge in [-0.2, -0.15) is 24.6 Å². The average Bonchev–Trinajstić information content (AvgIpc) is 4.04. The Morgan fingerprint density at radius 2 is 1.22 bits per heavy atom. The Morgan fingerprint density at radius 3 is 1.62 bits per heavy atom. The van der Waals surface area contributed by atoms with E-state index in [2.05, 4.69) is 107 Å². The minimum absolute atomic E-state index is 0.340. The Hall–Kier alpha value is 0.194. The number of alkyl carbamates (subject to hydrolysis) is 2. The number of hydrogen-bond donors (Lipinski definition) is 2. The van der Waals surface area contributed by atoms with Crippen LogP contribution in [0.1, 0.15) is 109 Å². The number of nitrogens with one attached hydrogen (secondary N) is 2. The molecule has 0 aliphatic heterocycles. The average molecular weight is 1260 g/mol. The van der Waals surface area contributed by atoms with Crippen molar-refractivity contribution in [3.8, 4) is 11.5 Å². The third-order valence-electron chi connectivity index (χ3n) is 9.43. The fourth-order valence-corrected chi connectivity index (χ4v) is 22.8. The Morgan fingerprint density at radius 1 is 0.769 bits per heavy atom. The first-order valence-electron chi connectivity index (χ1n) is 21.1. The number of halogens is 2. The molecule has 4 aliphatic rings. The molecular weight excluding hydrogens is 1190 g/mol. The van der Waals surface area contributed by atoms with Gasteiger partial charge >= 0.3 is 40.1 Å². The van der Waals surface area contributed by atoms with E-state index in [0.29, 0.717) is 36.8 Å². The molecule has 9 nitrogen and oxygen atoms in total. The van der Waals surface area contributed by atoms with Crippen LogP contribution in [-0.4, -0.2) is 75.2 Å². The molecule has 0 aromatic heterocycles. The second-order valence-electron chi connectivity index (χ2n) is 17.8. The van der Waals surface area contributed by atoms with Crippen LogP contribution in [-0.2, 0) is 117 Å². The third-order valence-corrected chi connectivity index (χ3v) is 25.5. The van der Waals surface area contributed by atoms with Crippen molar-refractivity contribution >= 4 is 136 Å². The van der Waals surface area contributed by atoms with E-state index >= 15 is 0 Å². The molecule has 373 valence electrons. The second-order valence-corrected chi connectivity index (χ2v) is 32.9. The number of amides is 2. The van der Waals surface area contributed by atoms with Gasteiger partial charge in [0.1, 0.15) is 17.0 Å². The van der Waals surface area contributed by atoms with Crippen molar-refractivity contribution in [2.24, 2.45) is 23.7 Å². The maximum atomic E-state index is 11.8. The van der Waals surface area contributed by atoms with Gasteiger partial charge in [-0.15, -0.1) is 11.6 Å². The number of benzene rings is 2. The standard InChI is InChI=1S/C19H26BrNO3.C19H26NO3.C5H12N.BrH.Ni.S10/c1-19(2,3)24-18(22)21-10-13-8-15(13)16-9-14(20)6-7-17(16)23-11-12-4-5-12;1-19(2,3)23-18(21)20-11-14-10-16(14)15-6-4-5-7-17(15)22-12-13-8-9-13;1-4-5-6(2)3;;;1-3-5-7-9-10-8-6-4-2/h6-7,9,12-13,15H,4-5,8,10-11H2,1-3H3,(H,21,22);5-7,13-14,16H,8-12H2,1-3H3,(H,20,21);1,4-5H2,2-3H3;1H;;/q;2*-1;;+1;/p-1/t13-,15+;14-,16+;;;;/m11..../s1. The van der Waals surface area contributed by atoms with Crippen LogP contribution in [0.15, 0.2) is 40.9 Å². The molecule has 2 N–H and O–H groups in total. The van der Waals surface area contributed by atoms with Gasteiger partial charge in [0, 0.05) is 117 Å². The van der Waals surface area contributed by atoms with Crippen molar-refractivity contribution in [1.82, 2.24) is 15.5 Å². The van der Waals surface area contributed by atoms with Gasteiger partial charge in [-0.25, -0.2) is 9.59 Å². The molecule has 2 aromatic rings. The molecule has 65 heavy (non-hydrogen) atoms. The van der Waals surface area contributed by atoms with Crippen LogP contribution in [0.2, 0.25) is 0 Å². The molecule has 4 fully saturated rings. The zero-order valence-electron chi connectivity index (χ0n) is 38.2. The van der Waals surface area contributed by atoms with Crippen molar-refractivity contribution in [2.75, 3.05) is 46.9 Å². The van der Waals surface area contributed by atoms with Crippen molar-refractivity contribution < 1.29 is 42.2 Å². The SMILES string of the molecule is CC(C)(C)OC(=O)NC[C@H]1C[C@@H]1c1c[c-]ccc1OCC1CC1.CC(C)(C)OC(=O)NC[C@H]1C[C@@H]1c1cc(Br)ccc1OCC1CC1.S=S=S=S=S=S=S=S=S=S.[CH2-]CCN(C)C.[Ni][Br]. The molecule has 0 heterocycles. The summed E-state index contributed by atoms with van der Waals surface area (Å²) in [6.45, 7) is 19.0. The molecule has 4 atom stereocenters. The summed E-state index contributed by atoms with van der Waals surface area (Å²) in [5.41, 5.74) is 1.57. The topological polar surface area (TPSA) is 98.4 Å². The van der Waals surface area contributed by atoms with E-state index in [1.54, 1.807) is 53.3 Å². The van der Waals surface area contributed by atoms with E-state index in [1.807, 2.05) is 79.9 Å². The molecule has 4 saturated carbocycles. The number of nitrogens with zero attached hydrogens (tertiary/aromatic N) is 1. The number of carbonyl (C=O) groups excluding carboxylic acids is 2. The van der Waals surface area contributed by atoms with Gasteiger partial charge < -0.3 is 41.4 Å². The number of hydrogen-bond acceptors (Lipinski definition) is 9. The zero-order chi connectivity index (χ0) is 48.4. The predicted octanol–water partition coefficient (Wildman–Crippen LogP) is 10.4. The third kappa shape index (κ3) is 30.5. The van der Waals surface area contributed by atoms with Gasteiger partial charge in [0.25, 0.3) is 0 Å². The number of ether oxygens (including phenoxy) is 4. The van der Waals surface area contributed by atoms with Crippen LogP contribution in [0.3, 0.4) is 0 Å². The maximum absolute atomic E-state index is 11.8. The van der Waals surface area contributed by atoms with Crippen LogP contribution in [0.25, 0.3) is 0 Å². The van der Waals surface area contributed by atoms with E-state index in [0.717, 1.165) is 66.8 Å². The van der Waals surface area contributed by atoms with Crippen LogP contribution in [0.4, 0.5) is 9.59 Å². The summed E-state index contributed by atoms with van der Waals surface area (Å²) in [5.74, 6) is 5.29. The van der Waals surface area contributed by atoms with Crippen molar-refractivity contribution in [3.63, 3.8) is 0 Å². The molecule has 2 aromatic carbocycles. The Bertz CT molecular complexity index is 2100. The fourth-order valence-electron chi connectivity index (χ4n) is 5.92. The first kappa shape index (κ1) is 61.3. The normalized spacial score (nSPS) is 18.7. The van der Waals surface area contributed by atoms with Gasteiger partial charge in [-0.05, 0) is 148 Å². The van der Waals surface area contributed by atoms with Gasteiger partial charge in [0.2, 0.25) is 0 Å². The Kier molecular flexibility index (Phi) is 31.8. The minimum atomic E-state index is -0.457. The van der Waals surface area contributed by atoms with E-state index in [1.165, 1.54) is 54.6 Å². The molecule has 0 unspecified atom stereocenters. The van der Waals surface area contributed by atoms with E-state index in [4.69, 9.17) is 18.9 Å². The molecule has 0 saturated heterocycles. The molecule has 0 spiro atoms. The van der Waals surface area contributed by atoms with Crippen molar-refractivity contribution in [1.29, 1.82) is 0 Å². The summed E-state index contributed by atoms with van der Waals surface area (Å²) in [6, 6.07) is 15.3. The monoisotopic (exact) mass is 1250 g/mol. The first-order chi connectivity index (χ1) is 30.9. The quantitative estimate of drug-likeness (QED) is 0.142. The summed E-state index contributed by atoms with van der Waals surface area (Å²) < 4.78 is 23.6.